The minimum absolute atomic E-state index is 0.161. The maximum atomic E-state index is 13.0. The molecule has 5 heteroatoms. The summed E-state index contributed by atoms with van der Waals surface area (Å²) in [7, 11) is -3.84. The molecule has 0 radical (unpaired) electrons. The molecule has 4 nitrogen and oxygen atoms in total. The van der Waals surface area contributed by atoms with Crippen molar-refractivity contribution in [2.45, 2.75) is 135 Å². The van der Waals surface area contributed by atoms with E-state index >= 15 is 0 Å². The summed E-state index contributed by atoms with van der Waals surface area (Å²) < 4.78 is 31.8. The van der Waals surface area contributed by atoms with Gasteiger partial charge in [-0.1, -0.05) is 71.6 Å². The van der Waals surface area contributed by atoms with Gasteiger partial charge in [0.15, 0.2) is 0 Å². The fourth-order valence-corrected chi connectivity index (χ4v) is 11.4. The molecule has 0 aromatic heterocycles. The van der Waals surface area contributed by atoms with Gasteiger partial charge in [-0.3, -0.25) is 4.18 Å². The average Bonchev–Trinajstić information content (AvgIpc) is 3.22. The van der Waals surface area contributed by atoms with Gasteiger partial charge in [0.2, 0.25) is 0 Å². The first kappa shape index (κ1) is 29.6. The predicted molar refractivity (Wildman–Crippen MR) is 158 cm³/mol. The van der Waals surface area contributed by atoms with Crippen molar-refractivity contribution in [3.8, 4) is 0 Å². The zero-order chi connectivity index (χ0) is 28.2. The van der Waals surface area contributed by atoms with Crippen molar-refractivity contribution in [3.63, 3.8) is 0 Å². The first-order valence-corrected chi connectivity index (χ1v) is 17.4. The van der Waals surface area contributed by atoms with E-state index in [-0.39, 0.29) is 10.3 Å². The molecular weight excluding hydrogens is 504 g/mol. The molecule has 0 unspecified atom stereocenters. The molecule has 4 aliphatic carbocycles. The predicted octanol–water partition coefficient (Wildman–Crippen LogP) is 8.31. The van der Waals surface area contributed by atoms with Crippen LogP contribution in [0.2, 0.25) is 0 Å². The average molecular weight is 559 g/mol. The van der Waals surface area contributed by atoms with Gasteiger partial charge in [0.1, 0.15) is 0 Å². The molecule has 39 heavy (non-hydrogen) atoms. The van der Waals surface area contributed by atoms with Crippen LogP contribution in [0.3, 0.4) is 0 Å². The van der Waals surface area contributed by atoms with Crippen molar-refractivity contribution in [1.29, 1.82) is 0 Å². The number of aryl methyl sites for hydroxylation is 1. The van der Waals surface area contributed by atoms with Gasteiger partial charge < -0.3 is 5.11 Å². The summed E-state index contributed by atoms with van der Waals surface area (Å²) in [6.45, 7) is 14.1. The molecule has 220 valence electrons. The topological polar surface area (TPSA) is 63.6 Å². The van der Waals surface area contributed by atoms with Crippen molar-refractivity contribution in [2.24, 2.45) is 46.3 Å². The fourth-order valence-electron chi connectivity index (χ4n) is 10.3. The van der Waals surface area contributed by atoms with Crippen molar-refractivity contribution in [3.05, 3.63) is 29.8 Å². The van der Waals surface area contributed by atoms with E-state index in [0.29, 0.717) is 30.1 Å². The van der Waals surface area contributed by atoms with E-state index in [2.05, 4.69) is 34.6 Å². The molecular formula is C34H54O4S. The number of benzene rings is 1. The third-order valence-corrected chi connectivity index (χ3v) is 13.9. The Hall–Kier alpha value is -0.910. The van der Waals surface area contributed by atoms with Gasteiger partial charge in [0.05, 0.1) is 16.6 Å². The van der Waals surface area contributed by atoms with Gasteiger partial charge in [-0.05, 0) is 117 Å². The van der Waals surface area contributed by atoms with E-state index in [1.807, 2.05) is 6.92 Å². The van der Waals surface area contributed by atoms with Crippen LogP contribution in [0.5, 0.6) is 0 Å². The minimum atomic E-state index is -3.84. The third kappa shape index (κ3) is 5.27. The van der Waals surface area contributed by atoms with Crippen LogP contribution in [0.25, 0.3) is 0 Å². The van der Waals surface area contributed by atoms with E-state index in [0.717, 1.165) is 48.5 Å². The maximum Gasteiger partial charge on any atom is 0.297 e. The molecule has 0 bridgehead atoms. The monoisotopic (exact) mass is 558 g/mol. The Morgan fingerprint density at radius 3 is 2.33 bits per heavy atom. The largest absolute Gasteiger partial charge is 0.389 e. The second-order valence-corrected chi connectivity index (χ2v) is 16.7. The van der Waals surface area contributed by atoms with E-state index in [4.69, 9.17) is 4.18 Å². The summed E-state index contributed by atoms with van der Waals surface area (Å²) in [5.41, 5.74) is 0.444. The Labute approximate surface area is 238 Å². The number of hydrogen-bond donors (Lipinski definition) is 1. The van der Waals surface area contributed by atoms with Crippen LogP contribution in [-0.2, 0) is 14.3 Å². The molecule has 1 N–H and O–H groups in total. The molecule has 0 spiro atoms. The highest BCUT2D eigenvalue weighted by Crippen LogP contribution is 2.69. The van der Waals surface area contributed by atoms with Crippen LogP contribution in [0.15, 0.2) is 29.2 Å². The van der Waals surface area contributed by atoms with E-state index in [1.54, 1.807) is 24.3 Å². The molecule has 4 aliphatic rings. The SMILES string of the molecule is Cc1ccc(S(=O)(=O)O[C@@H]2CC[C@]3(C)[C@@H]4CC[C@]5(C)[C@H](CC[C@H]5[C@H](C)CCCC(C)C)[C@H]4CC[C@@]3(O)C2)cc1. The summed E-state index contributed by atoms with van der Waals surface area (Å²) in [6.07, 6.45) is 12.6. The van der Waals surface area contributed by atoms with Crippen LogP contribution < -0.4 is 0 Å². The summed E-state index contributed by atoms with van der Waals surface area (Å²) in [5, 5.41) is 12.2. The van der Waals surface area contributed by atoms with Gasteiger partial charge in [-0.2, -0.15) is 8.42 Å². The van der Waals surface area contributed by atoms with Gasteiger partial charge in [-0.15, -0.1) is 0 Å². The highest BCUT2D eigenvalue weighted by molar-refractivity contribution is 7.86. The quantitative estimate of drug-likeness (QED) is 0.326. The molecule has 1 aromatic carbocycles. The van der Waals surface area contributed by atoms with Crippen LogP contribution >= 0.6 is 0 Å². The highest BCUT2D eigenvalue weighted by Gasteiger charge is 2.65. The Kier molecular flexibility index (Phi) is 8.14. The maximum absolute atomic E-state index is 13.0. The van der Waals surface area contributed by atoms with Crippen molar-refractivity contribution >= 4 is 10.1 Å². The molecule has 0 heterocycles. The third-order valence-electron chi connectivity index (χ3n) is 12.5. The lowest BCUT2D eigenvalue weighted by molar-refractivity contribution is -0.217. The Morgan fingerprint density at radius 2 is 1.64 bits per heavy atom. The highest BCUT2D eigenvalue weighted by atomic mass is 32.2. The first-order chi connectivity index (χ1) is 18.3. The molecule has 4 saturated carbocycles. The van der Waals surface area contributed by atoms with E-state index < -0.39 is 21.8 Å². The van der Waals surface area contributed by atoms with E-state index in [9.17, 15) is 13.5 Å². The standard InChI is InChI=1S/C34H54O4S/c1-23(2)8-7-9-25(4)29-14-15-30-28-17-21-34(35)22-26(38-39(36,37)27-12-10-24(3)11-13-27)16-20-33(34,6)31(28)18-19-32(29,30)5/h10-13,23,25-26,28-31,35H,7-9,14-22H2,1-6H3/t25-,26-,28-,29+,30-,31-,32+,33-,34-/m1/s1. The molecule has 1 aromatic rings. The van der Waals surface area contributed by atoms with Gasteiger partial charge in [0.25, 0.3) is 10.1 Å². The summed E-state index contributed by atoms with van der Waals surface area (Å²) >= 11 is 0. The van der Waals surface area contributed by atoms with Crippen LogP contribution in [0, 0.1) is 53.3 Å². The smallest absolute Gasteiger partial charge is 0.297 e. The minimum Gasteiger partial charge on any atom is -0.389 e. The number of rotatable bonds is 8. The van der Waals surface area contributed by atoms with Crippen LogP contribution in [0.1, 0.15) is 117 Å². The lowest BCUT2D eigenvalue weighted by Crippen LogP contribution is -2.63. The number of fused-ring (bicyclic) bond motifs is 5. The number of aliphatic hydroxyl groups is 1. The molecule has 9 atom stereocenters. The second-order valence-electron chi connectivity index (χ2n) is 15.1. The van der Waals surface area contributed by atoms with Gasteiger partial charge in [-0.25, -0.2) is 0 Å². The zero-order valence-electron chi connectivity index (χ0n) is 25.4. The molecule has 0 amide bonds. The molecule has 4 fully saturated rings. The first-order valence-electron chi connectivity index (χ1n) is 16.0. The van der Waals surface area contributed by atoms with Crippen LogP contribution in [-0.4, -0.2) is 25.2 Å². The van der Waals surface area contributed by atoms with Crippen molar-refractivity contribution in [2.75, 3.05) is 0 Å². The Morgan fingerprint density at radius 1 is 0.923 bits per heavy atom. The fraction of sp³-hybridized carbons (Fsp3) is 0.824. The second kappa shape index (κ2) is 10.7. The summed E-state index contributed by atoms with van der Waals surface area (Å²) in [4.78, 5) is 0.206. The summed E-state index contributed by atoms with van der Waals surface area (Å²) in [6, 6.07) is 6.85. The number of hydrogen-bond acceptors (Lipinski definition) is 4. The Bertz CT molecular complexity index is 1110. The summed E-state index contributed by atoms with van der Waals surface area (Å²) in [5.74, 6) is 4.42. The Balaban J connectivity index is 1.27. The molecule has 0 saturated heterocycles. The normalized spacial score (nSPS) is 41.1. The van der Waals surface area contributed by atoms with Crippen molar-refractivity contribution in [1.82, 2.24) is 0 Å². The zero-order valence-corrected chi connectivity index (χ0v) is 26.2. The van der Waals surface area contributed by atoms with Gasteiger partial charge in [0, 0.05) is 6.42 Å². The molecule has 0 aliphatic heterocycles. The van der Waals surface area contributed by atoms with Crippen molar-refractivity contribution < 1.29 is 17.7 Å². The van der Waals surface area contributed by atoms with Crippen LogP contribution in [0.4, 0.5) is 0 Å². The molecule has 5 rings (SSSR count). The lowest BCUT2D eigenvalue weighted by atomic mass is 9.43. The van der Waals surface area contributed by atoms with Gasteiger partial charge >= 0.3 is 0 Å². The lowest BCUT2D eigenvalue weighted by Gasteiger charge is -2.64. The van der Waals surface area contributed by atoms with E-state index in [1.165, 1.54) is 44.9 Å².